The van der Waals surface area contributed by atoms with Gasteiger partial charge in [-0.3, -0.25) is 4.79 Å². The van der Waals surface area contributed by atoms with E-state index in [4.69, 9.17) is 0 Å². The van der Waals surface area contributed by atoms with Crippen LogP contribution in [0, 0.1) is 19.8 Å². The van der Waals surface area contributed by atoms with E-state index >= 15 is 0 Å². The second-order valence-corrected chi connectivity index (χ2v) is 5.78. The van der Waals surface area contributed by atoms with E-state index in [-0.39, 0.29) is 5.92 Å². The van der Waals surface area contributed by atoms with Gasteiger partial charge in [-0.2, -0.15) is 0 Å². The van der Waals surface area contributed by atoms with E-state index in [1.54, 1.807) is 0 Å². The second kappa shape index (κ2) is 6.17. The number of aryl methyl sites for hydroxylation is 2. The van der Waals surface area contributed by atoms with E-state index in [0.29, 0.717) is 5.78 Å². The Morgan fingerprint density at radius 1 is 0.889 bits per heavy atom. The number of carbonyl (C=O) groups excluding carboxylic acids is 1. The van der Waals surface area contributed by atoms with Gasteiger partial charge in [0.1, 0.15) is 0 Å². The molecule has 1 fully saturated rings. The first-order valence-electron chi connectivity index (χ1n) is 7.29. The summed E-state index contributed by atoms with van der Waals surface area (Å²) in [4.78, 5) is 12.6. The molecule has 1 saturated carbocycles. The molecule has 0 saturated heterocycles. The fraction of sp³-hybridized carbons (Fsp3) is 0.588. The van der Waals surface area contributed by atoms with Crippen LogP contribution in [0.1, 0.15) is 66.4 Å². The Morgan fingerprint density at radius 2 is 1.39 bits per heavy atom. The van der Waals surface area contributed by atoms with Crippen LogP contribution in [0.2, 0.25) is 0 Å². The van der Waals surface area contributed by atoms with Crippen molar-refractivity contribution in [3.05, 3.63) is 34.9 Å². The minimum atomic E-state index is 0.270. The molecule has 98 valence electrons. The first kappa shape index (κ1) is 13.3. The Hall–Kier alpha value is -1.11. The molecule has 1 nitrogen and oxygen atoms in total. The highest BCUT2D eigenvalue weighted by atomic mass is 16.1. The number of benzene rings is 1. The summed E-state index contributed by atoms with van der Waals surface area (Å²) < 4.78 is 0. The molecule has 0 radical (unpaired) electrons. The molecule has 2 rings (SSSR count). The number of rotatable bonds is 2. The summed E-state index contributed by atoms with van der Waals surface area (Å²) in [6, 6.07) is 6.23. The van der Waals surface area contributed by atoms with Crippen LogP contribution in [-0.2, 0) is 0 Å². The minimum Gasteiger partial charge on any atom is -0.294 e. The van der Waals surface area contributed by atoms with E-state index in [1.165, 1.54) is 43.2 Å². The lowest BCUT2D eigenvalue weighted by Gasteiger charge is -2.19. The molecule has 0 spiro atoms. The summed E-state index contributed by atoms with van der Waals surface area (Å²) in [5.74, 6) is 0.648. The molecule has 0 heterocycles. The van der Waals surface area contributed by atoms with Crippen molar-refractivity contribution in [3.8, 4) is 0 Å². The smallest absolute Gasteiger partial charge is 0.165 e. The van der Waals surface area contributed by atoms with Crippen molar-refractivity contribution in [2.45, 2.75) is 58.8 Å². The van der Waals surface area contributed by atoms with Crippen LogP contribution in [0.5, 0.6) is 0 Å². The summed E-state index contributed by atoms with van der Waals surface area (Å²) >= 11 is 0. The van der Waals surface area contributed by atoms with Crippen LogP contribution in [-0.4, -0.2) is 5.78 Å². The molecular formula is C17H24O. The van der Waals surface area contributed by atoms with Gasteiger partial charge in [0.15, 0.2) is 5.78 Å². The third kappa shape index (κ3) is 3.44. The average Bonchev–Trinajstić information content (AvgIpc) is 2.26. The standard InChI is InChI=1S/C17H24O/c1-13-10-14(2)12-16(11-13)17(18)15-8-6-4-3-5-7-9-15/h10-12,15H,3-9H2,1-2H3. The summed E-state index contributed by atoms with van der Waals surface area (Å²) in [6.07, 6.45) is 8.58. The van der Waals surface area contributed by atoms with Gasteiger partial charge >= 0.3 is 0 Å². The maximum absolute atomic E-state index is 12.6. The van der Waals surface area contributed by atoms with Crippen LogP contribution in [0.15, 0.2) is 18.2 Å². The summed E-state index contributed by atoms with van der Waals surface area (Å²) in [5.41, 5.74) is 3.33. The zero-order valence-electron chi connectivity index (χ0n) is 11.7. The van der Waals surface area contributed by atoms with Gasteiger partial charge in [0.25, 0.3) is 0 Å². The molecule has 0 amide bonds. The highest BCUT2D eigenvalue weighted by Gasteiger charge is 2.20. The Bertz CT molecular complexity index is 391. The lowest BCUT2D eigenvalue weighted by atomic mass is 9.85. The molecular weight excluding hydrogens is 220 g/mol. The number of carbonyl (C=O) groups is 1. The molecule has 1 aliphatic rings. The molecule has 0 aliphatic heterocycles. The second-order valence-electron chi connectivity index (χ2n) is 5.78. The Labute approximate surface area is 111 Å². The van der Waals surface area contributed by atoms with Crippen molar-refractivity contribution in [1.82, 2.24) is 0 Å². The highest BCUT2D eigenvalue weighted by Crippen LogP contribution is 2.26. The molecule has 0 atom stereocenters. The fourth-order valence-corrected chi connectivity index (χ4v) is 3.07. The molecule has 0 bridgehead atoms. The van der Waals surface area contributed by atoms with Gasteiger partial charge in [-0.1, -0.05) is 49.3 Å². The summed E-state index contributed by atoms with van der Waals surface area (Å²) in [5, 5.41) is 0. The van der Waals surface area contributed by atoms with Crippen LogP contribution < -0.4 is 0 Å². The normalized spacial score (nSPS) is 18.1. The lowest BCUT2D eigenvalue weighted by Crippen LogP contribution is -2.16. The van der Waals surface area contributed by atoms with E-state index in [2.05, 4.69) is 19.9 Å². The first-order chi connectivity index (χ1) is 8.66. The molecule has 0 unspecified atom stereocenters. The maximum atomic E-state index is 12.6. The Morgan fingerprint density at radius 3 is 1.94 bits per heavy atom. The number of ketones is 1. The summed E-state index contributed by atoms with van der Waals surface area (Å²) in [7, 11) is 0. The monoisotopic (exact) mass is 244 g/mol. The van der Waals surface area contributed by atoms with E-state index < -0.39 is 0 Å². The molecule has 1 aromatic carbocycles. The highest BCUT2D eigenvalue weighted by molar-refractivity contribution is 5.98. The van der Waals surface area contributed by atoms with E-state index in [0.717, 1.165) is 18.4 Å². The van der Waals surface area contributed by atoms with Gasteiger partial charge in [0, 0.05) is 11.5 Å². The average molecular weight is 244 g/mol. The molecule has 18 heavy (non-hydrogen) atoms. The quantitative estimate of drug-likeness (QED) is 0.680. The van der Waals surface area contributed by atoms with Crippen LogP contribution in [0.3, 0.4) is 0 Å². The zero-order chi connectivity index (χ0) is 13.0. The molecule has 1 heteroatoms. The number of hydrogen-bond acceptors (Lipinski definition) is 1. The van der Waals surface area contributed by atoms with Crippen molar-refractivity contribution in [2.24, 2.45) is 5.92 Å². The first-order valence-corrected chi connectivity index (χ1v) is 7.29. The largest absolute Gasteiger partial charge is 0.294 e. The predicted octanol–water partition coefficient (Wildman–Crippen LogP) is 4.85. The van der Waals surface area contributed by atoms with Gasteiger partial charge < -0.3 is 0 Å². The van der Waals surface area contributed by atoms with Crippen LogP contribution in [0.25, 0.3) is 0 Å². The SMILES string of the molecule is Cc1cc(C)cc(C(=O)C2CCCCCCC2)c1. The van der Waals surface area contributed by atoms with Gasteiger partial charge in [-0.05, 0) is 38.8 Å². The van der Waals surface area contributed by atoms with Gasteiger partial charge in [0.05, 0.1) is 0 Å². The molecule has 0 aromatic heterocycles. The van der Waals surface area contributed by atoms with Crippen molar-refractivity contribution in [2.75, 3.05) is 0 Å². The fourth-order valence-electron chi connectivity index (χ4n) is 3.07. The molecule has 0 N–H and O–H groups in total. The topological polar surface area (TPSA) is 17.1 Å². The van der Waals surface area contributed by atoms with E-state index in [1.807, 2.05) is 12.1 Å². The zero-order valence-corrected chi connectivity index (χ0v) is 11.7. The van der Waals surface area contributed by atoms with Crippen LogP contribution in [0.4, 0.5) is 0 Å². The van der Waals surface area contributed by atoms with E-state index in [9.17, 15) is 4.79 Å². The van der Waals surface area contributed by atoms with Crippen molar-refractivity contribution in [1.29, 1.82) is 0 Å². The third-order valence-electron chi connectivity index (χ3n) is 3.98. The third-order valence-corrected chi connectivity index (χ3v) is 3.98. The van der Waals surface area contributed by atoms with Crippen LogP contribution >= 0.6 is 0 Å². The van der Waals surface area contributed by atoms with Gasteiger partial charge in [0.2, 0.25) is 0 Å². The minimum absolute atomic E-state index is 0.270. The van der Waals surface area contributed by atoms with Gasteiger partial charge in [-0.25, -0.2) is 0 Å². The predicted molar refractivity (Wildman–Crippen MR) is 76.1 cm³/mol. The van der Waals surface area contributed by atoms with Crippen molar-refractivity contribution in [3.63, 3.8) is 0 Å². The number of Topliss-reactive ketones (excluding diaryl/α,β-unsaturated/α-hetero) is 1. The molecule has 1 aliphatic carbocycles. The maximum Gasteiger partial charge on any atom is 0.165 e. The Balaban J connectivity index is 2.13. The van der Waals surface area contributed by atoms with Gasteiger partial charge in [-0.15, -0.1) is 0 Å². The van der Waals surface area contributed by atoms with Crippen molar-refractivity contribution >= 4 is 5.78 Å². The molecule has 1 aromatic rings. The lowest BCUT2D eigenvalue weighted by molar-refractivity contribution is 0.0898. The number of hydrogen-bond donors (Lipinski definition) is 0. The van der Waals surface area contributed by atoms with Crippen molar-refractivity contribution < 1.29 is 4.79 Å². The Kier molecular flexibility index (Phi) is 4.57. The summed E-state index contributed by atoms with van der Waals surface area (Å²) in [6.45, 7) is 4.14.